The van der Waals surface area contributed by atoms with Crippen LogP contribution in [0.5, 0.6) is 0 Å². The summed E-state index contributed by atoms with van der Waals surface area (Å²) in [6.07, 6.45) is 4.55. The molecule has 0 radical (unpaired) electrons. The Morgan fingerprint density at radius 1 is 1.42 bits per heavy atom. The van der Waals surface area contributed by atoms with Crippen LogP contribution in [0.25, 0.3) is 10.9 Å². The number of aliphatic hydroxyl groups is 1. The number of aromatic nitrogens is 1. The Kier molecular flexibility index (Phi) is 2.82. The zero-order valence-electron chi connectivity index (χ0n) is 11.0. The molecule has 1 saturated carbocycles. The van der Waals surface area contributed by atoms with Gasteiger partial charge < -0.3 is 15.0 Å². The average molecular weight is 258 g/mol. The number of nitrogens with zero attached hydrogens (tertiary/aromatic N) is 1. The van der Waals surface area contributed by atoms with Crippen molar-refractivity contribution in [3.8, 4) is 0 Å². The molecule has 3 rings (SSSR count). The van der Waals surface area contributed by atoms with E-state index in [-0.39, 0.29) is 5.91 Å². The van der Waals surface area contributed by atoms with Gasteiger partial charge in [0.2, 0.25) is 0 Å². The molecule has 19 heavy (non-hydrogen) atoms. The lowest BCUT2D eigenvalue weighted by atomic mass is 9.80. The molecule has 1 heterocycles. The van der Waals surface area contributed by atoms with Crippen molar-refractivity contribution in [2.45, 2.75) is 24.9 Å². The third-order valence-electron chi connectivity index (χ3n) is 4.03. The molecule has 1 fully saturated rings. The van der Waals surface area contributed by atoms with Crippen molar-refractivity contribution in [3.05, 3.63) is 36.0 Å². The lowest BCUT2D eigenvalue weighted by Crippen LogP contribution is -2.47. The van der Waals surface area contributed by atoms with Gasteiger partial charge in [-0.2, -0.15) is 0 Å². The van der Waals surface area contributed by atoms with Gasteiger partial charge in [0.1, 0.15) is 0 Å². The van der Waals surface area contributed by atoms with Crippen molar-refractivity contribution >= 4 is 16.8 Å². The Bertz CT molecular complexity index is 626. The van der Waals surface area contributed by atoms with Gasteiger partial charge in [0.15, 0.2) is 0 Å². The molecule has 0 bridgehead atoms. The molecule has 2 N–H and O–H groups in total. The van der Waals surface area contributed by atoms with E-state index in [1.165, 1.54) is 0 Å². The second-order valence-corrected chi connectivity index (χ2v) is 5.43. The van der Waals surface area contributed by atoms with E-state index in [0.717, 1.165) is 30.2 Å². The van der Waals surface area contributed by atoms with E-state index in [1.807, 2.05) is 42.1 Å². The van der Waals surface area contributed by atoms with Gasteiger partial charge in [0, 0.05) is 36.3 Å². The van der Waals surface area contributed by atoms with Gasteiger partial charge in [-0.1, -0.05) is 6.07 Å². The predicted molar refractivity (Wildman–Crippen MR) is 74.1 cm³/mol. The Labute approximate surface area is 112 Å². The van der Waals surface area contributed by atoms with Gasteiger partial charge in [-0.15, -0.1) is 0 Å². The first-order chi connectivity index (χ1) is 9.09. The zero-order valence-corrected chi connectivity index (χ0v) is 11.0. The van der Waals surface area contributed by atoms with Gasteiger partial charge in [-0.05, 0) is 37.5 Å². The minimum Gasteiger partial charge on any atom is -0.388 e. The van der Waals surface area contributed by atoms with Crippen LogP contribution in [0.15, 0.2) is 30.5 Å². The van der Waals surface area contributed by atoms with Crippen molar-refractivity contribution in [2.75, 3.05) is 6.54 Å². The van der Waals surface area contributed by atoms with E-state index in [4.69, 9.17) is 0 Å². The molecule has 4 heteroatoms. The van der Waals surface area contributed by atoms with Crippen LogP contribution in [0.4, 0.5) is 0 Å². The number of benzene rings is 1. The van der Waals surface area contributed by atoms with Crippen LogP contribution in [0.1, 0.15) is 29.6 Å². The fourth-order valence-corrected chi connectivity index (χ4v) is 2.60. The molecule has 100 valence electrons. The lowest BCUT2D eigenvalue weighted by Gasteiger charge is -2.36. The second-order valence-electron chi connectivity index (χ2n) is 5.43. The molecule has 0 unspecified atom stereocenters. The number of hydrogen-bond donors (Lipinski definition) is 2. The summed E-state index contributed by atoms with van der Waals surface area (Å²) in [6, 6.07) is 7.64. The first-order valence-corrected chi connectivity index (χ1v) is 6.64. The maximum absolute atomic E-state index is 12.2. The smallest absolute Gasteiger partial charge is 0.252 e. The number of nitrogens with one attached hydrogen (secondary N) is 1. The maximum Gasteiger partial charge on any atom is 0.252 e. The Morgan fingerprint density at radius 3 is 2.89 bits per heavy atom. The van der Waals surface area contributed by atoms with Gasteiger partial charge in [-0.3, -0.25) is 4.79 Å². The molecule has 0 saturated heterocycles. The molecular weight excluding hydrogens is 240 g/mol. The molecule has 0 aliphatic heterocycles. The monoisotopic (exact) mass is 258 g/mol. The lowest BCUT2D eigenvalue weighted by molar-refractivity contribution is -0.0300. The molecule has 1 aliphatic carbocycles. The van der Waals surface area contributed by atoms with Crippen LogP contribution in [0, 0.1) is 0 Å². The highest BCUT2D eigenvalue weighted by Gasteiger charge is 2.34. The van der Waals surface area contributed by atoms with E-state index >= 15 is 0 Å². The highest BCUT2D eigenvalue weighted by Crippen LogP contribution is 2.30. The summed E-state index contributed by atoms with van der Waals surface area (Å²) >= 11 is 0. The number of rotatable bonds is 3. The average Bonchev–Trinajstić information content (AvgIpc) is 2.76. The number of aryl methyl sites for hydroxylation is 1. The van der Waals surface area contributed by atoms with E-state index < -0.39 is 5.60 Å². The first-order valence-electron chi connectivity index (χ1n) is 6.64. The number of carbonyl (C=O) groups excluding carboxylic acids is 1. The topological polar surface area (TPSA) is 54.3 Å². The highest BCUT2D eigenvalue weighted by atomic mass is 16.3. The maximum atomic E-state index is 12.2. The molecule has 1 aromatic carbocycles. The number of carbonyl (C=O) groups is 1. The molecule has 0 spiro atoms. The third kappa shape index (κ3) is 2.12. The molecular formula is C15H18N2O2. The zero-order chi connectivity index (χ0) is 13.5. The molecule has 1 amide bonds. The van der Waals surface area contributed by atoms with Crippen molar-refractivity contribution in [1.82, 2.24) is 9.88 Å². The highest BCUT2D eigenvalue weighted by molar-refractivity contribution is 6.06. The summed E-state index contributed by atoms with van der Waals surface area (Å²) in [6.45, 7) is 0.342. The van der Waals surface area contributed by atoms with Crippen molar-refractivity contribution in [3.63, 3.8) is 0 Å². The standard InChI is InChI=1S/C15H18N2O2/c1-17-9-6-11-12(4-2-5-13(11)17)14(18)16-10-15(19)7-3-8-15/h2,4-6,9,19H,3,7-8,10H2,1H3,(H,16,18). The number of fused-ring (bicyclic) bond motifs is 1. The van der Waals surface area contributed by atoms with Crippen molar-refractivity contribution in [1.29, 1.82) is 0 Å². The van der Waals surface area contributed by atoms with Crippen LogP contribution in [-0.2, 0) is 7.05 Å². The molecule has 1 aliphatic rings. The summed E-state index contributed by atoms with van der Waals surface area (Å²) < 4.78 is 1.99. The fraction of sp³-hybridized carbons (Fsp3) is 0.400. The SMILES string of the molecule is Cn1ccc2c(C(=O)NCC3(O)CCC3)cccc21. The van der Waals surface area contributed by atoms with Crippen LogP contribution in [-0.4, -0.2) is 27.7 Å². The van der Waals surface area contributed by atoms with Crippen molar-refractivity contribution in [2.24, 2.45) is 7.05 Å². The quantitative estimate of drug-likeness (QED) is 0.882. The van der Waals surface area contributed by atoms with Crippen LogP contribution in [0.2, 0.25) is 0 Å². The van der Waals surface area contributed by atoms with E-state index in [9.17, 15) is 9.90 Å². The van der Waals surface area contributed by atoms with Crippen LogP contribution < -0.4 is 5.32 Å². The largest absolute Gasteiger partial charge is 0.388 e. The Hall–Kier alpha value is -1.81. The van der Waals surface area contributed by atoms with Gasteiger partial charge in [0.25, 0.3) is 5.91 Å². The summed E-state index contributed by atoms with van der Waals surface area (Å²) in [5.74, 6) is -0.114. The second kappa shape index (κ2) is 4.38. The fourth-order valence-electron chi connectivity index (χ4n) is 2.60. The van der Waals surface area contributed by atoms with E-state index in [0.29, 0.717) is 12.1 Å². The van der Waals surface area contributed by atoms with E-state index in [2.05, 4.69) is 5.32 Å². The summed E-state index contributed by atoms with van der Waals surface area (Å²) in [4.78, 5) is 12.2. The van der Waals surface area contributed by atoms with Gasteiger partial charge >= 0.3 is 0 Å². The normalized spacial score (nSPS) is 17.2. The predicted octanol–water partition coefficient (Wildman–Crippen LogP) is 1.82. The van der Waals surface area contributed by atoms with Crippen LogP contribution in [0.3, 0.4) is 0 Å². The first kappa shape index (κ1) is 12.2. The van der Waals surface area contributed by atoms with E-state index in [1.54, 1.807) is 0 Å². The molecule has 2 aromatic rings. The van der Waals surface area contributed by atoms with Gasteiger partial charge in [0.05, 0.1) is 5.60 Å². The van der Waals surface area contributed by atoms with Gasteiger partial charge in [-0.25, -0.2) is 0 Å². The minimum absolute atomic E-state index is 0.114. The summed E-state index contributed by atoms with van der Waals surface area (Å²) in [5.41, 5.74) is 1.02. The Balaban J connectivity index is 1.81. The third-order valence-corrected chi connectivity index (χ3v) is 4.03. The summed E-state index contributed by atoms with van der Waals surface area (Å²) in [5, 5.41) is 13.8. The molecule has 0 atom stereocenters. The minimum atomic E-state index is -0.680. The molecule has 1 aromatic heterocycles. The number of hydrogen-bond acceptors (Lipinski definition) is 2. The number of amides is 1. The molecule has 4 nitrogen and oxygen atoms in total. The van der Waals surface area contributed by atoms with Crippen molar-refractivity contribution < 1.29 is 9.90 Å². The Morgan fingerprint density at radius 2 is 2.21 bits per heavy atom. The summed E-state index contributed by atoms with van der Waals surface area (Å²) in [7, 11) is 1.96. The van der Waals surface area contributed by atoms with Crippen LogP contribution >= 0.6 is 0 Å².